The van der Waals surface area contributed by atoms with Gasteiger partial charge in [-0.15, -0.1) is 11.3 Å². The molecule has 0 saturated heterocycles. The first kappa shape index (κ1) is 13.4. The molecule has 0 spiro atoms. The van der Waals surface area contributed by atoms with Crippen LogP contribution in [0, 0.1) is 18.7 Å². The van der Waals surface area contributed by atoms with Crippen LogP contribution in [-0.2, 0) is 6.42 Å². The maximum atomic E-state index is 13.5. The highest BCUT2D eigenvalue weighted by Gasteiger charge is 2.36. The van der Waals surface area contributed by atoms with Gasteiger partial charge in [0.15, 0.2) is 0 Å². The molecule has 1 heterocycles. The maximum absolute atomic E-state index is 13.5. The number of aromatic nitrogens is 1. The minimum absolute atomic E-state index is 0.129. The fourth-order valence-corrected chi connectivity index (χ4v) is 4.25. The number of nitrogens with zero attached hydrogens (tertiary/aromatic N) is 1. The predicted molar refractivity (Wildman–Crippen MR) is 82.9 cm³/mol. The second-order valence-electron chi connectivity index (χ2n) is 6.23. The molecule has 1 N–H and O–H groups in total. The van der Waals surface area contributed by atoms with E-state index in [1.807, 2.05) is 12.3 Å². The minimum Gasteiger partial charge on any atom is -0.301 e. The molecule has 0 amide bonds. The Morgan fingerprint density at radius 2 is 2.19 bits per heavy atom. The third-order valence-corrected chi connectivity index (χ3v) is 5.56. The highest BCUT2D eigenvalue weighted by molar-refractivity contribution is 7.11. The number of thiazole rings is 1. The number of hydrogen-bond donors (Lipinski definition) is 1. The van der Waals surface area contributed by atoms with E-state index in [0.717, 1.165) is 18.4 Å². The van der Waals surface area contributed by atoms with Crippen molar-refractivity contribution in [1.29, 1.82) is 0 Å². The molecule has 110 valence electrons. The van der Waals surface area contributed by atoms with Gasteiger partial charge in [0.1, 0.15) is 10.8 Å². The second-order valence-corrected chi connectivity index (χ2v) is 7.49. The number of halogens is 1. The summed E-state index contributed by atoms with van der Waals surface area (Å²) < 4.78 is 13.5. The minimum atomic E-state index is -0.129. The second kappa shape index (κ2) is 5.18. The zero-order valence-corrected chi connectivity index (χ0v) is 12.9. The lowest BCUT2D eigenvalue weighted by atomic mass is 10.1. The smallest absolute Gasteiger partial charge is 0.123 e. The molecule has 21 heavy (non-hydrogen) atoms. The van der Waals surface area contributed by atoms with Crippen molar-refractivity contribution < 1.29 is 4.39 Å². The molecule has 1 saturated carbocycles. The molecular weight excluding hydrogens is 283 g/mol. The van der Waals surface area contributed by atoms with E-state index < -0.39 is 0 Å². The van der Waals surface area contributed by atoms with Gasteiger partial charge in [0, 0.05) is 17.1 Å². The Labute approximate surface area is 128 Å². The van der Waals surface area contributed by atoms with E-state index in [1.165, 1.54) is 28.3 Å². The van der Waals surface area contributed by atoms with E-state index in [4.69, 9.17) is 0 Å². The standard InChI is InChI=1S/C17H19FN2S/c1-10-9-19-17(21-10)16(12-2-3-12)20-15-7-5-11-4-6-13(18)8-14(11)15/h4,6,8-9,12,15-16,20H,2-3,5,7H2,1H3/t15-,16+/m1/s1. The molecule has 1 aromatic carbocycles. The maximum Gasteiger partial charge on any atom is 0.123 e. The summed E-state index contributed by atoms with van der Waals surface area (Å²) in [5.74, 6) is 0.573. The highest BCUT2D eigenvalue weighted by atomic mass is 32.1. The van der Waals surface area contributed by atoms with Crippen LogP contribution in [0.2, 0.25) is 0 Å². The Bertz CT molecular complexity index is 663. The van der Waals surface area contributed by atoms with Crippen LogP contribution in [0.5, 0.6) is 0 Å². The van der Waals surface area contributed by atoms with Gasteiger partial charge < -0.3 is 5.32 Å². The quantitative estimate of drug-likeness (QED) is 0.910. The first-order valence-corrected chi connectivity index (χ1v) is 8.49. The summed E-state index contributed by atoms with van der Waals surface area (Å²) in [5, 5.41) is 4.97. The number of hydrogen-bond acceptors (Lipinski definition) is 3. The number of fused-ring (bicyclic) bond motifs is 1. The fraction of sp³-hybridized carbons (Fsp3) is 0.471. The van der Waals surface area contributed by atoms with E-state index in [0.29, 0.717) is 12.0 Å². The Morgan fingerprint density at radius 3 is 2.90 bits per heavy atom. The van der Waals surface area contributed by atoms with Crippen LogP contribution in [0.1, 0.15) is 52.4 Å². The zero-order chi connectivity index (χ0) is 14.4. The van der Waals surface area contributed by atoms with E-state index in [-0.39, 0.29) is 11.9 Å². The third-order valence-electron chi connectivity index (χ3n) is 4.57. The zero-order valence-electron chi connectivity index (χ0n) is 12.1. The lowest BCUT2D eigenvalue weighted by Crippen LogP contribution is -2.26. The summed E-state index contributed by atoms with van der Waals surface area (Å²) >= 11 is 1.78. The normalized spacial score (nSPS) is 22.3. The molecule has 4 rings (SSSR count). The molecule has 2 atom stereocenters. The van der Waals surface area contributed by atoms with Crippen molar-refractivity contribution in [1.82, 2.24) is 10.3 Å². The molecule has 2 aromatic rings. The molecule has 1 aromatic heterocycles. The molecule has 2 aliphatic rings. The molecular formula is C17H19FN2S. The van der Waals surface area contributed by atoms with Crippen LogP contribution in [0.3, 0.4) is 0 Å². The Kier molecular flexibility index (Phi) is 3.31. The van der Waals surface area contributed by atoms with Gasteiger partial charge in [0.2, 0.25) is 0 Å². The van der Waals surface area contributed by atoms with Crippen LogP contribution < -0.4 is 5.32 Å². The molecule has 0 radical (unpaired) electrons. The Balaban J connectivity index is 1.59. The van der Waals surface area contributed by atoms with E-state index >= 15 is 0 Å². The molecule has 2 nitrogen and oxygen atoms in total. The number of aryl methyl sites for hydroxylation is 2. The van der Waals surface area contributed by atoms with Crippen LogP contribution in [-0.4, -0.2) is 4.98 Å². The predicted octanol–water partition coefficient (Wildman–Crippen LogP) is 4.32. The summed E-state index contributed by atoms with van der Waals surface area (Å²) in [5.41, 5.74) is 2.44. The van der Waals surface area contributed by atoms with Gasteiger partial charge in [-0.2, -0.15) is 0 Å². The molecule has 0 aliphatic heterocycles. The van der Waals surface area contributed by atoms with E-state index in [9.17, 15) is 4.39 Å². The molecule has 2 aliphatic carbocycles. The van der Waals surface area contributed by atoms with Gasteiger partial charge in [-0.05, 0) is 61.8 Å². The van der Waals surface area contributed by atoms with Gasteiger partial charge >= 0.3 is 0 Å². The molecule has 0 unspecified atom stereocenters. The summed E-state index contributed by atoms with van der Waals surface area (Å²) in [7, 11) is 0. The van der Waals surface area contributed by atoms with Crippen molar-refractivity contribution in [3.05, 3.63) is 51.2 Å². The highest BCUT2D eigenvalue weighted by Crippen LogP contribution is 2.44. The van der Waals surface area contributed by atoms with Gasteiger partial charge in [-0.3, -0.25) is 0 Å². The monoisotopic (exact) mass is 302 g/mol. The topological polar surface area (TPSA) is 24.9 Å². The van der Waals surface area contributed by atoms with Gasteiger partial charge in [-0.25, -0.2) is 9.37 Å². The number of benzene rings is 1. The first-order chi connectivity index (χ1) is 10.2. The van der Waals surface area contributed by atoms with Crippen molar-refractivity contribution in [2.24, 2.45) is 5.92 Å². The van der Waals surface area contributed by atoms with Crippen molar-refractivity contribution in [3.8, 4) is 0 Å². The summed E-state index contributed by atoms with van der Waals surface area (Å²) in [6.45, 7) is 2.10. The summed E-state index contributed by atoms with van der Waals surface area (Å²) in [6.07, 6.45) is 6.62. The molecule has 0 bridgehead atoms. The van der Waals surface area contributed by atoms with Crippen LogP contribution in [0.15, 0.2) is 24.4 Å². The van der Waals surface area contributed by atoms with E-state index in [1.54, 1.807) is 23.5 Å². The summed E-state index contributed by atoms with van der Waals surface area (Å²) in [4.78, 5) is 5.83. The Hall–Kier alpha value is -1.26. The van der Waals surface area contributed by atoms with E-state index in [2.05, 4.69) is 17.2 Å². The van der Waals surface area contributed by atoms with Crippen LogP contribution in [0.25, 0.3) is 0 Å². The SMILES string of the molecule is Cc1cnc([C@@H](N[C@@H]2CCc3ccc(F)cc32)C2CC2)s1. The van der Waals surface area contributed by atoms with Crippen molar-refractivity contribution >= 4 is 11.3 Å². The van der Waals surface area contributed by atoms with Gasteiger partial charge in [-0.1, -0.05) is 6.07 Å². The van der Waals surface area contributed by atoms with Gasteiger partial charge in [0.25, 0.3) is 0 Å². The fourth-order valence-electron chi connectivity index (χ4n) is 3.32. The molecule has 4 heteroatoms. The van der Waals surface area contributed by atoms with Gasteiger partial charge in [0.05, 0.1) is 6.04 Å². The van der Waals surface area contributed by atoms with Crippen molar-refractivity contribution in [2.45, 2.75) is 44.7 Å². The molecule has 1 fully saturated rings. The lowest BCUT2D eigenvalue weighted by Gasteiger charge is -2.22. The lowest BCUT2D eigenvalue weighted by molar-refractivity contribution is 0.406. The largest absolute Gasteiger partial charge is 0.301 e. The third kappa shape index (κ3) is 2.62. The van der Waals surface area contributed by atoms with Crippen LogP contribution >= 0.6 is 11.3 Å². The van der Waals surface area contributed by atoms with Crippen molar-refractivity contribution in [2.75, 3.05) is 0 Å². The van der Waals surface area contributed by atoms with Crippen molar-refractivity contribution in [3.63, 3.8) is 0 Å². The average Bonchev–Trinajstić information content (AvgIpc) is 3.10. The summed E-state index contributed by atoms with van der Waals surface area (Å²) in [6, 6.07) is 5.82. The Morgan fingerprint density at radius 1 is 1.33 bits per heavy atom. The van der Waals surface area contributed by atoms with Crippen LogP contribution in [0.4, 0.5) is 4.39 Å². The number of rotatable bonds is 4. The number of nitrogens with one attached hydrogen (secondary N) is 1. The first-order valence-electron chi connectivity index (χ1n) is 7.67. The average molecular weight is 302 g/mol.